The molecule has 2 saturated heterocycles. The lowest BCUT2D eigenvalue weighted by Crippen LogP contribution is -2.51. The number of carbonyl (C=O) groups is 3. The summed E-state index contributed by atoms with van der Waals surface area (Å²) in [5, 5.41) is 3.46. The second-order valence-electron chi connectivity index (χ2n) is 11.7. The molecular weight excluding hydrogens is 583 g/mol. The molecular formula is C31H39ClF3N5O3. The van der Waals surface area contributed by atoms with Gasteiger partial charge in [-0.2, -0.15) is 13.2 Å². The van der Waals surface area contributed by atoms with E-state index in [9.17, 15) is 27.6 Å². The molecule has 8 nitrogen and oxygen atoms in total. The first-order valence-corrected chi connectivity index (χ1v) is 14.9. The maximum atomic E-state index is 13.8. The standard InChI is InChI=1S/C31H39ClF3N5O3/c1-19(2)16-25(37-27(41)10-11-36)23-17-21(31(33,34)35)6-9-26(23)39-12-14-40(15-13-39)30(43)24-18-28(42)38(3)29(24)20-4-7-22(32)8-5-20/h4-9,17,19,24-25,29H,10-16,18,36H2,1-3H3,(H,37,41). The number of hydrogen-bond acceptors (Lipinski definition) is 5. The number of alkyl halides is 3. The van der Waals surface area contributed by atoms with E-state index in [-0.39, 0.29) is 43.0 Å². The first-order valence-electron chi connectivity index (χ1n) is 14.6. The monoisotopic (exact) mass is 621 g/mol. The Kier molecular flexibility index (Phi) is 10.3. The van der Waals surface area contributed by atoms with E-state index >= 15 is 0 Å². The highest BCUT2D eigenvalue weighted by Gasteiger charge is 2.44. The van der Waals surface area contributed by atoms with Gasteiger partial charge in [0.05, 0.1) is 23.6 Å². The zero-order valence-electron chi connectivity index (χ0n) is 24.7. The van der Waals surface area contributed by atoms with Crippen LogP contribution < -0.4 is 16.0 Å². The van der Waals surface area contributed by atoms with E-state index in [1.165, 1.54) is 6.07 Å². The predicted octanol–water partition coefficient (Wildman–Crippen LogP) is 4.78. The summed E-state index contributed by atoms with van der Waals surface area (Å²) in [5.41, 5.74) is 6.57. The van der Waals surface area contributed by atoms with E-state index in [2.05, 4.69) is 5.32 Å². The van der Waals surface area contributed by atoms with Crippen molar-refractivity contribution in [2.45, 2.75) is 51.4 Å². The second kappa shape index (κ2) is 13.5. The van der Waals surface area contributed by atoms with Crippen LogP contribution in [0.1, 0.15) is 61.9 Å². The minimum absolute atomic E-state index is 0.0690. The van der Waals surface area contributed by atoms with Crippen LogP contribution in [0.25, 0.3) is 0 Å². The van der Waals surface area contributed by atoms with Gasteiger partial charge in [-0.1, -0.05) is 37.6 Å². The largest absolute Gasteiger partial charge is 0.416 e. The van der Waals surface area contributed by atoms with Crippen molar-refractivity contribution < 1.29 is 27.6 Å². The number of rotatable bonds is 9. The summed E-state index contributed by atoms with van der Waals surface area (Å²) in [6.45, 7) is 5.48. The molecule has 43 heavy (non-hydrogen) atoms. The third-order valence-electron chi connectivity index (χ3n) is 8.19. The number of likely N-dealkylation sites (tertiary alicyclic amines) is 1. The van der Waals surface area contributed by atoms with Gasteiger partial charge in [0.1, 0.15) is 0 Å². The summed E-state index contributed by atoms with van der Waals surface area (Å²) in [4.78, 5) is 44.2. The zero-order valence-corrected chi connectivity index (χ0v) is 25.4. The minimum atomic E-state index is -4.55. The summed E-state index contributed by atoms with van der Waals surface area (Å²) in [7, 11) is 1.69. The van der Waals surface area contributed by atoms with Crippen LogP contribution >= 0.6 is 11.6 Å². The molecule has 2 aliphatic heterocycles. The predicted molar refractivity (Wildman–Crippen MR) is 159 cm³/mol. The Hall–Kier alpha value is -3.31. The smallest absolute Gasteiger partial charge is 0.368 e. The van der Waals surface area contributed by atoms with Crippen LogP contribution in [0, 0.1) is 11.8 Å². The SMILES string of the molecule is CC(C)CC(NC(=O)CCN)c1cc(C(F)(F)F)ccc1N1CCN(C(=O)C2CC(=O)N(C)C2c2ccc(Cl)cc2)CC1. The molecule has 2 aliphatic rings. The van der Waals surface area contributed by atoms with Gasteiger partial charge in [0.15, 0.2) is 0 Å². The number of anilines is 1. The highest BCUT2D eigenvalue weighted by atomic mass is 35.5. The highest BCUT2D eigenvalue weighted by Crippen LogP contribution is 2.40. The topological polar surface area (TPSA) is 99.0 Å². The molecule has 2 heterocycles. The van der Waals surface area contributed by atoms with Crippen molar-refractivity contribution >= 4 is 35.0 Å². The average Bonchev–Trinajstić information content (AvgIpc) is 3.25. The number of benzene rings is 2. The molecule has 4 rings (SSSR count). The Labute approximate surface area is 255 Å². The molecule has 0 spiro atoms. The quantitative estimate of drug-likeness (QED) is 0.420. The molecule has 12 heteroatoms. The molecule has 3 amide bonds. The van der Waals surface area contributed by atoms with Crippen molar-refractivity contribution in [3.8, 4) is 0 Å². The van der Waals surface area contributed by atoms with Crippen molar-refractivity contribution in [2.75, 3.05) is 44.7 Å². The Bertz CT molecular complexity index is 1310. The van der Waals surface area contributed by atoms with Gasteiger partial charge in [-0.3, -0.25) is 14.4 Å². The van der Waals surface area contributed by atoms with Gasteiger partial charge >= 0.3 is 6.18 Å². The molecule has 3 unspecified atom stereocenters. The molecule has 3 N–H and O–H groups in total. The maximum absolute atomic E-state index is 13.8. The Morgan fingerprint density at radius 1 is 1.07 bits per heavy atom. The molecule has 0 saturated carbocycles. The molecule has 2 fully saturated rings. The molecule has 0 aromatic heterocycles. The van der Waals surface area contributed by atoms with Gasteiger partial charge in [-0.15, -0.1) is 0 Å². The fourth-order valence-corrected chi connectivity index (χ4v) is 6.17. The summed E-state index contributed by atoms with van der Waals surface area (Å²) in [6.07, 6.45) is -3.93. The summed E-state index contributed by atoms with van der Waals surface area (Å²) >= 11 is 6.05. The van der Waals surface area contributed by atoms with E-state index in [4.69, 9.17) is 17.3 Å². The summed E-state index contributed by atoms with van der Waals surface area (Å²) in [6, 6.07) is 9.71. The fourth-order valence-electron chi connectivity index (χ4n) is 6.04. The number of amides is 3. The number of nitrogens with two attached hydrogens (primary N) is 1. The molecule has 0 aliphatic carbocycles. The van der Waals surface area contributed by atoms with Crippen LogP contribution in [0.15, 0.2) is 42.5 Å². The van der Waals surface area contributed by atoms with Crippen LogP contribution in [-0.2, 0) is 20.6 Å². The van der Waals surface area contributed by atoms with Gasteiger partial charge in [-0.25, -0.2) is 0 Å². The lowest BCUT2D eigenvalue weighted by Gasteiger charge is -2.39. The third kappa shape index (κ3) is 7.62. The molecule has 234 valence electrons. The summed E-state index contributed by atoms with van der Waals surface area (Å²) < 4.78 is 41.3. The number of nitrogens with one attached hydrogen (secondary N) is 1. The fraction of sp³-hybridized carbons (Fsp3) is 0.516. The Morgan fingerprint density at radius 3 is 2.30 bits per heavy atom. The van der Waals surface area contributed by atoms with Crippen molar-refractivity contribution in [3.05, 3.63) is 64.2 Å². The number of hydrogen-bond donors (Lipinski definition) is 2. The van der Waals surface area contributed by atoms with Crippen LogP contribution in [0.2, 0.25) is 5.02 Å². The second-order valence-corrected chi connectivity index (χ2v) is 12.1. The average molecular weight is 622 g/mol. The van der Waals surface area contributed by atoms with Crippen LogP contribution in [0.5, 0.6) is 0 Å². The van der Waals surface area contributed by atoms with Gasteiger partial charge in [-0.05, 0) is 53.8 Å². The molecule has 2 aromatic carbocycles. The van der Waals surface area contributed by atoms with Crippen molar-refractivity contribution in [2.24, 2.45) is 17.6 Å². The van der Waals surface area contributed by atoms with E-state index in [0.29, 0.717) is 48.9 Å². The Morgan fingerprint density at radius 2 is 1.72 bits per heavy atom. The molecule has 0 radical (unpaired) electrons. The van der Waals surface area contributed by atoms with Gasteiger partial charge in [0.25, 0.3) is 0 Å². The van der Waals surface area contributed by atoms with E-state index in [1.807, 2.05) is 30.9 Å². The van der Waals surface area contributed by atoms with Crippen molar-refractivity contribution in [3.63, 3.8) is 0 Å². The summed E-state index contributed by atoms with van der Waals surface area (Å²) in [5.74, 6) is -1.02. The zero-order chi connectivity index (χ0) is 31.5. The van der Waals surface area contributed by atoms with Crippen molar-refractivity contribution in [1.29, 1.82) is 0 Å². The number of nitrogens with zero attached hydrogens (tertiary/aromatic N) is 3. The van der Waals surface area contributed by atoms with Crippen LogP contribution in [0.4, 0.5) is 18.9 Å². The van der Waals surface area contributed by atoms with E-state index < -0.39 is 29.7 Å². The number of piperazine rings is 1. The molecule has 3 atom stereocenters. The molecule has 0 bridgehead atoms. The van der Waals surface area contributed by atoms with Gasteiger partial charge < -0.3 is 25.8 Å². The number of carbonyl (C=O) groups excluding carboxylic acids is 3. The van der Waals surface area contributed by atoms with E-state index in [1.54, 1.807) is 29.0 Å². The van der Waals surface area contributed by atoms with Gasteiger partial charge in [0, 0.05) is 63.3 Å². The lowest BCUT2D eigenvalue weighted by atomic mass is 9.92. The van der Waals surface area contributed by atoms with E-state index in [0.717, 1.165) is 17.7 Å². The first kappa shape index (κ1) is 32.6. The van der Waals surface area contributed by atoms with Crippen molar-refractivity contribution in [1.82, 2.24) is 15.1 Å². The van der Waals surface area contributed by atoms with Crippen LogP contribution in [-0.4, -0.2) is 67.3 Å². The lowest BCUT2D eigenvalue weighted by molar-refractivity contribution is -0.138. The first-order chi connectivity index (χ1) is 20.3. The highest BCUT2D eigenvalue weighted by molar-refractivity contribution is 6.30. The maximum Gasteiger partial charge on any atom is 0.416 e. The van der Waals surface area contributed by atoms with Crippen LogP contribution in [0.3, 0.4) is 0 Å². The Balaban J connectivity index is 1.56. The minimum Gasteiger partial charge on any atom is -0.368 e. The number of halogens is 4. The van der Waals surface area contributed by atoms with Gasteiger partial charge in [0.2, 0.25) is 17.7 Å². The third-order valence-corrected chi connectivity index (χ3v) is 8.44. The molecule has 2 aromatic rings. The normalized spacial score (nSPS) is 20.1.